The molecule has 0 fully saturated rings. The van der Waals surface area contributed by atoms with Crippen LogP contribution in [0.4, 0.5) is 0 Å². The molecule has 0 aromatic heterocycles. The van der Waals surface area contributed by atoms with Crippen molar-refractivity contribution in [2.75, 3.05) is 13.6 Å². The summed E-state index contributed by atoms with van der Waals surface area (Å²) in [5.74, 6) is 0.397. The Morgan fingerprint density at radius 1 is 1.09 bits per heavy atom. The molecule has 0 radical (unpaired) electrons. The van der Waals surface area contributed by atoms with Gasteiger partial charge in [0.15, 0.2) is 5.96 Å². The van der Waals surface area contributed by atoms with Gasteiger partial charge < -0.3 is 16.4 Å². The molecule has 1 rings (SSSR count). The maximum absolute atomic E-state index is 11.5. The Kier molecular flexibility index (Phi) is 9.52. The summed E-state index contributed by atoms with van der Waals surface area (Å²) >= 11 is 0. The Hall–Kier alpha value is -2.04. The van der Waals surface area contributed by atoms with E-state index in [1.807, 2.05) is 12.1 Å². The summed E-state index contributed by atoms with van der Waals surface area (Å²) in [4.78, 5) is 15.8. The van der Waals surface area contributed by atoms with Crippen LogP contribution in [0.15, 0.2) is 29.3 Å². The third-order valence-electron chi connectivity index (χ3n) is 3.71. The van der Waals surface area contributed by atoms with Crippen molar-refractivity contribution < 1.29 is 4.79 Å². The predicted octanol–water partition coefficient (Wildman–Crippen LogP) is 2.81. The molecule has 1 amide bonds. The molecule has 0 aliphatic carbocycles. The zero-order valence-corrected chi connectivity index (χ0v) is 14.4. The van der Waals surface area contributed by atoms with Crippen LogP contribution in [0, 0.1) is 0 Å². The van der Waals surface area contributed by atoms with Gasteiger partial charge in [0.1, 0.15) is 0 Å². The number of carbonyl (C=O) groups excluding carboxylic acids is 1. The number of hydrogen-bond donors (Lipinski definition) is 3. The average Bonchev–Trinajstić information content (AvgIpc) is 2.59. The number of hydrogen-bond acceptors (Lipinski definition) is 2. The van der Waals surface area contributed by atoms with Gasteiger partial charge in [-0.25, -0.2) is 4.99 Å². The van der Waals surface area contributed by atoms with E-state index in [0.29, 0.717) is 18.1 Å². The fourth-order valence-electron chi connectivity index (χ4n) is 2.26. The number of amides is 1. The highest BCUT2D eigenvalue weighted by Gasteiger charge is 2.02. The molecule has 5 heteroatoms. The molecule has 0 bridgehead atoms. The van der Waals surface area contributed by atoms with Crippen LogP contribution >= 0.6 is 0 Å². The van der Waals surface area contributed by atoms with E-state index >= 15 is 0 Å². The first kappa shape index (κ1) is 19.0. The van der Waals surface area contributed by atoms with E-state index in [1.54, 1.807) is 19.2 Å². The van der Waals surface area contributed by atoms with Crippen molar-refractivity contribution in [1.29, 1.82) is 0 Å². The van der Waals surface area contributed by atoms with Crippen molar-refractivity contribution in [1.82, 2.24) is 10.6 Å². The van der Waals surface area contributed by atoms with Crippen molar-refractivity contribution >= 4 is 11.9 Å². The van der Waals surface area contributed by atoms with E-state index in [1.165, 1.54) is 32.1 Å². The largest absolute Gasteiger partial charge is 0.370 e. The summed E-state index contributed by atoms with van der Waals surface area (Å²) < 4.78 is 0. The third kappa shape index (κ3) is 8.24. The van der Waals surface area contributed by atoms with E-state index in [4.69, 9.17) is 5.73 Å². The molecule has 0 aliphatic rings. The molecule has 1 aromatic carbocycles. The average molecular weight is 318 g/mol. The lowest BCUT2D eigenvalue weighted by atomic mass is 10.1. The van der Waals surface area contributed by atoms with Gasteiger partial charge in [-0.15, -0.1) is 0 Å². The van der Waals surface area contributed by atoms with Crippen LogP contribution in [-0.4, -0.2) is 25.5 Å². The van der Waals surface area contributed by atoms with Crippen LogP contribution < -0.4 is 16.4 Å². The lowest BCUT2D eigenvalue weighted by Crippen LogP contribution is -2.32. The minimum atomic E-state index is -0.0832. The molecule has 0 spiro atoms. The molecule has 4 N–H and O–H groups in total. The van der Waals surface area contributed by atoms with Crippen LogP contribution in [0.2, 0.25) is 0 Å². The zero-order chi connectivity index (χ0) is 16.9. The Morgan fingerprint density at radius 2 is 1.74 bits per heavy atom. The monoisotopic (exact) mass is 318 g/mol. The fourth-order valence-corrected chi connectivity index (χ4v) is 2.26. The Morgan fingerprint density at radius 3 is 2.39 bits per heavy atom. The highest BCUT2D eigenvalue weighted by molar-refractivity contribution is 5.93. The smallest absolute Gasteiger partial charge is 0.251 e. The fraction of sp³-hybridized carbons (Fsp3) is 0.556. The van der Waals surface area contributed by atoms with E-state index in [2.05, 4.69) is 22.5 Å². The molecule has 23 heavy (non-hydrogen) atoms. The van der Waals surface area contributed by atoms with E-state index in [-0.39, 0.29) is 5.91 Å². The molecule has 0 saturated carbocycles. The number of nitrogens with one attached hydrogen (secondary N) is 2. The van der Waals surface area contributed by atoms with Crippen molar-refractivity contribution in [2.45, 2.75) is 52.0 Å². The molecule has 1 aromatic rings. The Balaban J connectivity index is 2.24. The summed E-state index contributed by atoms with van der Waals surface area (Å²) in [7, 11) is 1.62. The molecular formula is C18H30N4O. The number of benzene rings is 1. The van der Waals surface area contributed by atoms with E-state index in [0.717, 1.165) is 18.5 Å². The molecule has 0 aliphatic heterocycles. The molecule has 128 valence electrons. The van der Waals surface area contributed by atoms with Crippen molar-refractivity contribution in [2.24, 2.45) is 10.7 Å². The second kappa shape index (κ2) is 11.5. The van der Waals surface area contributed by atoms with Crippen molar-refractivity contribution in [3.05, 3.63) is 35.4 Å². The molecule has 0 saturated heterocycles. The van der Waals surface area contributed by atoms with Gasteiger partial charge in [-0.1, -0.05) is 51.2 Å². The summed E-state index contributed by atoms with van der Waals surface area (Å²) in [6, 6.07) is 7.39. The highest BCUT2D eigenvalue weighted by atomic mass is 16.1. The normalized spacial score (nSPS) is 11.3. The number of unbranched alkanes of at least 4 members (excludes halogenated alkanes) is 5. The van der Waals surface area contributed by atoms with Gasteiger partial charge in [0.2, 0.25) is 0 Å². The van der Waals surface area contributed by atoms with Gasteiger partial charge in [0.05, 0.1) is 6.54 Å². The Labute approximate surface area is 139 Å². The minimum Gasteiger partial charge on any atom is -0.370 e. The van der Waals surface area contributed by atoms with Gasteiger partial charge >= 0.3 is 0 Å². The first-order chi connectivity index (χ1) is 11.2. The molecule has 0 atom stereocenters. The van der Waals surface area contributed by atoms with Gasteiger partial charge in [0, 0.05) is 19.2 Å². The van der Waals surface area contributed by atoms with Crippen LogP contribution in [-0.2, 0) is 6.54 Å². The van der Waals surface area contributed by atoms with Gasteiger partial charge in [-0.3, -0.25) is 4.79 Å². The summed E-state index contributed by atoms with van der Waals surface area (Å²) in [6.07, 6.45) is 7.59. The maximum atomic E-state index is 11.5. The topological polar surface area (TPSA) is 79.5 Å². The van der Waals surface area contributed by atoms with Gasteiger partial charge in [0.25, 0.3) is 5.91 Å². The maximum Gasteiger partial charge on any atom is 0.251 e. The SMILES string of the molecule is CCCCCCCCNC(N)=NCc1ccc(C(=O)NC)cc1. The molecule has 5 nitrogen and oxygen atoms in total. The summed E-state index contributed by atoms with van der Waals surface area (Å²) in [5.41, 5.74) is 7.54. The van der Waals surface area contributed by atoms with Crippen LogP contribution in [0.25, 0.3) is 0 Å². The number of aliphatic imine (C=N–C) groups is 1. The number of carbonyl (C=O) groups is 1. The van der Waals surface area contributed by atoms with Crippen molar-refractivity contribution in [3.63, 3.8) is 0 Å². The minimum absolute atomic E-state index is 0.0832. The lowest BCUT2D eigenvalue weighted by molar-refractivity contribution is 0.0963. The second-order valence-electron chi connectivity index (χ2n) is 5.67. The first-order valence-corrected chi connectivity index (χ1v) is 8.52. The molecule has 0 heterocycles. The quantitative estimate of drug-likeness (QED) is 0.352. The third-order valence-corrected chi connectivity index (χ3v) is 3.71. The van der Waals surface area contributed by atoms with Crippen LogP contribution in [0.1, 0.15) is 61.4 Å². The predicted molar refractivity (Wildman–Crippen MR) is 96.5 cm³/mol. The highest BCUT2D eigenvalue weighted by Crippen LogP contribution is 2.06. The number of nitrogens with two attached hydrogens (primary N) is 1. The number of guanidine groups is 1. The standard InChI is InChI=1S/C18H30N4O/c1-3-4-5-6-7-8-13-21-18(19)22-14-15-9-11-16(12-10-15)17(23)20-2/h9-12H,3-8,13-14H2,1-2H3,(H,20,23)(H3,19,21,22). The first-order valence-electron chi connectivity index (χ1n) is 8.52. The molecular weight excluding hydrogens is 288 g/mol. The van der Waals surface area contributed by atoms with Crippen LogP contribution in [0.5, 0.6) is 0 Å². The van der Waals surface area contributed by atoms with E-state index in [9.17, 15) is 4.79 Å². The number of nitrogens with zero attached hydrogens (tertiary/aromatic N) is 1. The summed E-state index contributed by atoms with van der Waals surface area (Å²) in [5, 5.41) is 5.75. The van der Waals surface area contributed by atoms with E-state index < -0.39 is 0 Å². The van der Waals surface area contributed by atoms with Crippen LogP contribution in [0.3, 0.4) is 0 Å². The van der Waals surface area contributed by atoms with Crippen molar-refractivity contribution in [3.8, 4) is 0 Å². The lowest BCUT2D eigenvalue weighted by Gasteiger charge is -2.06. The van der Waals surface area contributed by atoms with Gasteiger partial charge in [-0.2, -0.15) is 0 Å². The summed E-state index contributed by atoms with van der Waals surface area (Å²) in [6.45, 7) is 3.62. The second-order valence-corrected chi connectivity index (χ2v) is 5.67. The van der Waals surface area contributed by atoms with Gasteiger partial charge in [-0.05, 0) is 24.1 Å². The Bertz CT molecular complexity index is 482. The zero-order valence-electron chi connectivity index (χ0n) is 14.4. The molecule has 0 unspecified atom stereocenters. The number of rotatable bonds is 10.